The maximum Gasteiger partial charge on any atom is 0.285 e. The third-order valence-electron chi connectivity index (χ3n) is 2.97. The van der Waals surface area contributed by atoms with Crippen LogP contribution < -0.4 is 0 Å². The molecule has 0 aliphatic carbocycles. The van der Waals surface area contributed by atoms with Gasteiger partial charge in [-0.05, 0) is 19.3 Å². The van der Waals surface area contributed by atoms with Gasteiger partial charge in [-0.3, -0.25) is 0 Å². The van der Waals surface area contributed by atoms with Crippen molar-refractivity contribution in [2.45, 2.75) is 71.7 Å². The Labute approximate surface area is 128 Å². The lowest BCUT2D eigenvalue weighted by Gasteiger charge is -2.33. The van der Waals surface area contributed by atoms with Crippen LogP contribution in [-0.4, -0.2) is 42.9 Å². The largest absolute Gasteiger partial charge is 0.418 e. The number of hydrogen-bond donors (Lipinski definition) is 0. The van der Waals surface area contributed by atoms with Gasteiger partial charge in [-0.2, -0.15) is 0 Å². The third kappa shape index (κ3) is 9.88. The second kappa shape index (κ2) is 14.0. The van der Waals surface area contributed by atoms with Crippen molar-refractivity contribution < 1.29 is 18.6 Å². The Morgan fingerprint density at radius 2 is 1.10 bits per heavy atom. The van der Waals surface area contributed by atoms with E-state index in [1.165, 1.54) is 0 Å². The van der Waals surface area contributed by atoms with Gasteiger partial charge in [-0.15, -0.1) is 0 Å². The first-order valence-corrected chi connectivity index (χ1v) is 8.35. The molecule has 0 aromatic rings. The van der Waals surface area contributed by atoms with Gasteiger partial charge in [-0.1, -0.05) is 40.0 Å². The van der Waals surface area contributed by atoms with Crippen molar-refractivity contribution in [2.75, 3.05) is 26.4 Å². The third-order valence-corrected chi connectivity index (χ3v) is 3.17. The summed E-state index contributed by atoms with van der Waals surface area (Å²) < 4.78 is 22.7. The summed E-state index contributed by atoms with van der Waals surface area (Å²) in [6.07, 6.45) is 6.85. The van der Waals surface area contributed by atoms with Crippen LogP contribution in [-0.2, 0) is 18.6 Å². The SMILES string of the molecule is CCCCOC(CCO[Si])(OCCCC)OCCCC. The van der Waals surface area contributed by atoms with Gasteiger partial charge in [0.1, 0.15) is 0 Å². The summed E-state index contributed by atoms with van der Waals surface area (Å²) in [5, 5.41) is 0. The number of ether oxygens (including phenoxy) is 3. The Balaban J connectivity index is 4.48. The van der Waals surface area contributed by atoms with Gasteiger partial charge in [-0.25, -0.2) is 0 Å². The fourth-order valence-electron chi connectivity index (χ4n) is 1.63. The van der Waals surface area contributed by atoms with E-state index in [0.717, 1.165) is 38.5 Å². The molecule has 3 radical (unpaired) electrons. The zero-order valence-electron chi connectivity index (χ0n) is 13.4. The predicted octanol–water partition coefficient (Wildman–Crippen LogP) is 3.58. The highest BCUT2D eigenvalue weighted by Gasteiger charge is 2.33. The smallest absolute Gasteiger partial charge is 0.285 e. The molecule has 0 bridgehead atoms. The van der Waals surface area contributed by atoms with Crippen LogP contribution in [0.3, 0.4) is 0 Å². The van der Waals surface area contributed by atoms with Crippen LogP contribution in [0.2, 0.25) is 0 Å². The molecule has 0 amide bonds. The molecule has 20 heavy (non-hydrogen) atoms. The molecule has 0 saturated heterocycles. The Kier molecular flexibility index (Phi) is 14.1. The second-order valence-electron chi connectivity index (χ2n) is 4.89. The molecule has 0 heterocycles. The van der Waals surface area contributed by atoms with Crippen LogP contribution in [0.15, 0.2) is 0 Å². The second-order valence-corrected chi connectivity index (χ2v) is 5.18. The predicted molar refractivity (Wildman–Crippen MR) is 81.6 cm³/mol. The van der Waals surface area contributed by atoms with Crippen molar-refractivity contribution in [3.8, 4) is 0 Å². The molecule has 0 N–H and O–H groups in total. The highest BCUT2D eigenvalue weighted by molar-refractivity contribution is 5.97. The average Bonchev–Trinajstić information content (AvgIpc) is 2.46. The molecule has 0 fully saturated rings. The van der Waals surface area contributed by atoms with Crippen molar-refractivity contribution in [3.05, 3.63) is 0 Å². The molecule has 0 unspecified atom stereocenters. The monoisotopic (exact) mass is 303 g/mol. The molecule has 0 aromatic carbocycles. The molecule has 0 saturated carbocycles. The van der Waals surface area contributed by atoms with E-state index in [1.54, 1.807) is 0 Å². The van der Waals surface area contributed by atoms with Crippen molar-refractivity contribution in [1.82, 2.24) is 0 Å². The maximum atomic E-state index is 5.92. The van der Waals surface area contributed by atoms with E-state index in [9.17, 15) is 0 Å². The topological polar surface area (TPSA) is 36.9 Å². The Morgan fingerprint density at radius 3 is 1.40 bits per heavy atom. The molecule has 5 heteroatoms. The van der Waals surface area contributed by atoms with Crippen molar-refractivity contribution >= 4 is 10.5 Å². The first-order valence-electron chi connectivity index (χ1n) is 7.95. The molecule has 0 aromatic heterocycles. The van der Waals surface area contributed by atoms with Gasteiger partial charge >= 0.3 is 0 Å². The molecule has 119 valence electrons. The van der Waals surface area contributed by atoms with Crippen molar-refractivity contribution in [2.24, 2.45) is 0 Å². The number of unbranched alkanes of at least 4 members (excludes halogenated alkanes) is 3. The Hall–Kier alpha value is 0.0569. The minimum atomic E-state index is -0.952. The summed E-state index contributed by atoms with van der Waals surface area (Å²) in [6, 6.07) is 0. The molecular formula is C15H31O4Si. The molecule has 0 atom stereocenters. The fourth-order valence-corrected chi connectivity index (χ4v) is 1.74. The standard InChI is InChI=1S/C15H31O4Si/c1-4-7-11-16-15(10-14-19-20,17-12-8-5-2)18-13-9-6-3/h4-14H2,1-3H3. The summed E-state index contributed by atoms with van der Waals surface area (Å²) >= 11 is 0. The van der Waals surface area contributed by atoms with E-state index in [1.807, 2.05) is 0 Å². The first-order chi connectivity index (χ1) is 9.74. The first kappa shape index (κ1) is 20.1. The van der Waals surface area contributed by atoms with E-state index >= 15 is 0 Å². The van der Waals surface area contributed by atoms with Gasteiger partial charge in [0.15, 0.2) is 0 Å². The van der Waals surface area contributed by atoms with E-state index < -0.39 is 5.97 Å². The van der Waals surface area contributed by atoms with Crippen LogP contribution in [0.25, 0.3) is 0 Å². The summed E-state index contributed by atoms with van der Waals surface area (Å²) in [4.78, 5) is 0. The normalized spacial score (nSPS) is 12.0. The van der Waals surface area contributed by atoms with Crippen LogP contribution in [0.4, 0.5) is 0 Å². The highest BCUT2D eigenvalue weighted by Crippen LogP contribution is 2.22. The molecular weight excluding hydrogens is 272 g/mol. The zero-order chi connectivity index (χ0) is 15.1. The van der Waals surface area contributed by atoms with Crippen molar-refractivity contribution in [3.63, 3.8) is 0 Å². The minimum absolute atomic E-state index is 0.487. The molecule has 4 nitrogen and oxygen atoms in total. The minimum Gasteiger partial charge on any atom is -0.418 e. The molecule has 0 aliphatic rings. The lowest BCUT2D eigenvalue weighted by atomic mass is 10.3. The molecule has 0 rings (SSSR count). The van der Waals surface area contributed by atoms with Gasteiger partial charge in [0.2, 0.25) is 10.5 Å². The van der Waals surface area contributed by atoms with E-state index in [4.69, 9.17) is 18.6 Å². The van der Waals surface area contributed by atoms with E-state index in [-0.39, 0.29) is 0 Å². The summed E-state index contributed by atoms with van der Waals surface area (Å²) in [5.41, 5.74) is 0. The van der Waals surface area contributed by atoms with Gasteiger partial charge < -0.3 is 18.6 Å². The van der Waals surface area contributed by atoms with Gasteiger partial charge in [0, 0.05) is 6.61 Å². The lowest BCUT2D eigenvalue weighted by Crippen LogP contribution is -2.41. The molecule has 0 aliphatic heterocycles. The Morgan fingerprint density at radius 1 is 0.700 bits per heavy atom. The lowest BCUT2D eigenvalue weighted by molar-refractivity contribution is -0.385. The summed E-state index contributed by atoms with van der Waals surface area (Å²) in [5.74, 6) is -0.952. The van der Waals surface area contributed by atoms with Gasteiger partial charge in [0.25, 0.3) is 5.97 Å². The van der Waals surface area contributed by atoms with Crippen LogP contribution in [0.5, 0.6) is 0 Å². The summed E-state index contributed by atoms with van der Waals surface area (Å²) in [7, 11) is 3.03. The quantitative estimate of drug-likeness (QED) is 0.263. The molecule has 0 spiro atoms. The van der Waals surface area contributed by atoms with E-state index in [0.29, 0.717) is 32.8 Å². The van der Waals surface area contributed by atoms with Gasteiger partial charge in [0.05, 0.1) is 26.2 Å². The van der Waals surface area contributed by atoms with Crippen LogP contribution >= 0.6 is 0 Å². The van der Waals surface area contributed by atoms with Crippen LogP contribution in [0, 0.1) is 0 Å². The van der Waals surface area contributed by atoms with Crippen molar-refractivity contribution in [1.29, 1.82) is 0 Å². The highest BCUT2D eigenvalue weighted by atomic mass is 28.2. The maximum absolute atomic E-state index is 5.92. The Bertz CT molecular complexity index is 176. The number of rotatable bonds is 15. The zero-order valence-corrected chi connectivity index (χ0v) is 14.4. The van der Waals surface area contributed by atoms with E-state index in [2.05, 4.69) is 31.3 Å². The summed E-state index contributed by atoms with van der Waals surface area (Å²) in [6.45, 7) is 8.86. The number of hydrogen-bond acceptors (Lipinski definition) is 4. The average molecular weight is 303 g/mol. The van der Waals surface area contributed by atoms with Crippen LogP contribution in [0.1, 0.15) is 65.7 Å². The fraction of sp³-hybridized carbons (Fsp3) is 1.00.